The summed E-state index contributed by atoms with van der Waals surface area (Å²) in [5.41, 5.74) is 0.0791. The van der Waals surface area contributed by atoms with Crippen LogP contribution in [0.25, 0.3) is 0 Å². The largest absolute Gasteiger partial charge is 0.497 e. The van der Waals surface area contributed by atoms with Crippen LogP contribution in [0.5, 0.6) is 5.75 Å². The van der Waals surface area contributed by atoms with Gasteiger partial charge in [-0.25, -0.2) is 0 Å². The Hall–Kier alpha value is -3.05. The number of methoxy groups -OCH3 is 1. The molecule has 2 amide bonds. The predicted octanol–water partition coefficient (Wildman–Crippen LogP) is 5.14. The first-order valence-electron chi connectivity index (χ1n) is 12.3. The molecule has 3 fully saturated rings. The van der Waals surface area contributed by atoms with Gasteiger partial charge >= 0.3 is 11.0 Å². The number of carbonyl (C=O) groups is 2. The van der Waals surface area contributed by atoms with Crippen molar-refractivity contribution in [1.29, 1.82) is 0 Å². The third-order valence-electron chi connectivity index (χ3n) is 8.63. The predicted molar refractivity (Wildman–Crippen MR) is 135 cm³/mol. The summed E-state index contributed by atoms with van der Waals surface area (Å²) in [7, 11) is 1.59. The first-order chi connectivity index (χ1) is 18.2. The van der Waals surface area contributed by atoms with E-state index < -0.39 is 35.4 Å². The van der Waals surface area contributed by atoms with E-state index in [4.69, 9.17) is 4.74 Å². The minimum Gasteiger partial charge on any atom is -0.497 e. The fourth-order valence-electron chi connectivity index (χ4n) is 7.28. The number of hydrogen-bond acceptors (Lipinski definition) is 6. The zero-order chi connectivity index (χ0) is 26.5. The molecule has 6 nitrogen and oxygen atoms in total. The van der Waals surface area contributed by atoms with E-state index in [9.17, 15) is 27.6 Å². The van der Waals surface area contributed by atoms with Crippen LogP contribution < -0.4 is 14.5 Å². The summed E-state index contributed by atoms with van der Waals surface area (Å²) < 4.78 is 45.4. The molecule has 38 heavy (non-hydrogen) atoms. The Morgan fingerprint density at radius 1 is 1.00 bits per heavy atom. The van der Waals surface area contributed by atoms with E-state index in [2.05, 4.69) is 4.98 Å². The van der Waals surface area contributed by atoms with E-state index in [1.807, 2.05) is 24.3 Å². The first-order valence-corrected chi connectivity index (χ1v) is 14.0. The van der Waals surface area contributed by atoms with Crippen LogP contribution in [0.1, 0.15) is 28.3 Å². The molecule has 2 bridgehead atoms. The molecule has 2 aromatic carbocycles. The summed E-state index contributed by atoms with van der Waals surface area (Å²) in [6, 6.07) is 12.1. The standard InChI is InChI=1S/C27H21F3N2O4S2/c1-36-14-7-5-11(6-8-14)17-18-15-10-16(21(18)37-23-22(17)38-26(35)31-23)20-19(15)24(33)32(25(20)34)13-4-2-3-12(9-13)27(28,29)30/h2-9,15-21H,10H2,1H3,(H,31,35)/t15-,16-,17+,18-,19+,20+,21+/m1/s1. The number of carbonyl (C=O) groups excluding carboxylic acids is 2. The number of rotatable bonds is 3. The van der Waals surface area contributed by atoms with Gasteiger partial charge in [-0.3, -0.25) is 19.3 Å². The first kappa shape index (κ1) is 24.0. The van der Waals surface area contributed by atoms with Crippen LogP contribution in [0, 0.1) is 29.6 Å². The quantitative estimate of drug-likeness (QED) is 0.451. The zero-order valence-electron chi connectivity index (χ0n) is 19.9. The van der Waals surface area contributed by atoms with E-state index in [0.29, 0.717) is 12.2 Å². The average molecular weight is 559 g/mol. The van der Waals surface area contributed by atoms with E-state index in [-0.39, 0.29) is 39.5 Å². The second-order valence-electron chi connectivity index (χ2n) is 10.3. The minimum atomic E-state index is -4.58. The summed E-state index contributed by atoms with van der Waals surface area (Å²) in [4.78, 5) is 44.5. The van der Waals surface area contributed by atoms with Crippen LogP contribution in [0.2, 0.25) is 0 Å². The van der Waals surface area contributed by atoms with Crippen molar-refractivity contribution in [2.45, 2.75) is 28.8 Å². The molecule has 3 aromatic rings. The topological polar surface area (TPSA) is 79.5 Å². The van der Waals surface area contributed by atoms with Gasteiger partial charge in [-0.2, -0.15) is 13.2 Å². The van der Waals surface area contributed by atoms with Gasteiger partial charge in [0.2, 0.25) is 11.8 Å². The van der Waals surface area contributed by atoms with Crippen LogP contribution in [0.3, 0.4) is 0 Å². The Bertz CT molecular complexity index is 1530. The molecule has 11 heteroatoms. The van der Waals surface area contributed by atoms with Gasteiger partial charge < -0.3 is 9.72 Å². The number of thioether (sulfide) groups is 1. The number of imide groups is 1. The molecule has 0 radical (unpaired) electrons. The zero-order valence-corrected chi connectivity index (χ0v) is 21.5. The van der Waals surface area contributed by atoms with Gasteiger partial charge in [0.15, 0.2) is 0 Å². The number of nitrogens with one attached hydrogen (secondary N) is 1. The number of ether oxygens (including phenoxy) is 1. The van der Waals surface area contributed by atoms with Crippen molar-refractivity contribution < 1.29 is 27.5 Å². The molecule has 2 aliphatic carbocycles. The normalized spacial score (nSPS) is 31.4. The monoisotopic (exact) mass is 558 g/mol. The molecular weight excluding hydrogens is 537 g/mol. The lowest BCUT2D eigenvalue weighted by molar-refractivity contribution is -0.137. The van der Waals surface area contributed by atoms with Gasteiger partial charge in [0, 0.05) is 16.0 Å². The fraction of sp³-hybridized carbons (Fsp3) is 0.370. The highest BCUT2D eigenvalue weighted by Crippen LogP contribution is 2.68. The molecule has 0 spiro atoms. The van der Waals surface area contributed by atoms with E-state index in [1.165, 1.54) is 23.5 Å². The number of alkyl halides is 3. The molecule has 1 saturated heterocycles. The van der Waals surface area contributed by atoms with Crippen LogP contribution in [-0.2, 0) is 15.8 Å². The molecule has 1 N–H and O–H groups in total. The number of hydrogen-bond donors (Lipinski definition) is 1. The van der Waals surface area contributed by atoms with Gasteiger partial charge in [-0.15, -0.1) is 11.8 Å². The molecule has 7 rings (SSSR count). The van der Waals surface area contributed by atoms with Crippen LogP contribution >= 0.6 is 23.1 Å². The van der Waals surface area contributed by atoms with Crippen molar-refractivity contribution in [3.05, 3.63) is 74.2 Å². The molecule has 3 heterocycles. The van der Waals surface area contributed by atoms with Crippen LogP contribution in [-0.4, -0.2) is 29.2 Å². The average Bonchev–Trinajstić information content (AvgIpc) is 3.62. The van der Waals surface area contributed by atoms with Crippen LogP contribution in [0.4, 0.5) is 18.9 Å². The third-order valence-corrected chi connectivity index (χ3v) is 11.2. The number of H-pyrrole nitrogens is 1. The van der Waals surface area contributed by atoms with E-state index in [0.717, 1.165) is 32.5 Å². The number of anilines is 1. The number of halogens is 3. The van der Waals surface area contributed by atoms with Gasteiger partial charge in [0.25, 0.3) is 0 Å². The maximum absolute atomic E-state index is 13.7. The molecule has 4 aliphatic rings. The molecule has 0 unspecified atom stereocenters. The Balaban J connectivity index is 1.29. The Morgan fingerprint density at radius 2 is 1.71 bits per heavy atom. The van der Waals surface area contributed by atoms with E-state index >= 15 is 0 Å². The highest BCUT2D eigenvalue weighted by Gasteiger charge is 2.69. The van der Waals surface area contributed by atoms with Crippen molar-refractivity contribution in [1.82, 2.24) is 4.98 Å². The van der Waals surface area contributed by atoms with Crippen molar-refractivity contribution in [2.24, 2.45) is 29.6 Å². The number of aromatic nitrogens is 1. The highest BCUT2D eigenvalue weighted by molar-refractivity contribution is 8.00. The summed E-state index contributed by atoms with van der Waals surface area (Å²) in [5, 5.41) is 0.807. The maximum atomic E-state index is 13.7. The number of fused-ring (bicyclic) bond motifs is 9. The Labute approximate surface area is 223 Å². The molecule has 2 saturated carbocycles. The number of nitrogens with zero attached hydrogens (tertiary/aromatic N) is 1. The summed E-state index contributed by atoms with van der Waals surface area (Å²) >= 11 is 2.75. The number of amides is 2. The molecule has 2 aliphatic heterocycles. The Kier molecular flexibility index (Phi) is 5.20. The van der Waals surface area contributed by atoms with Crippen molar-refractivity contribution in [3.63, 3.8) is 0 Å². The molecule has 7 atom stereocenters. The van der Waals surface area contributed by atoms with Crippen molar-refractivity contribution in [2.75, 3.05) is 12.0 Å². The lowest BCUT2D eigenvalue weighted by Gasteiger charge is -2.43. The van der Waals surface area contributed by atoms with Gasteiger partial charge in [-0.05, 0) is 60.1 Å². The number of aromatic amines is 1. The van der Waals surface area contributed by atoms with Gasteiger partial charge in [0.1, 0.15) is 5.75 Å². The maximum Gasteiger partial charge on any atom is 0.416 e. The minimum absolute atomic E-state index is 0.00399. The second-order valence-corrected chi connectivity index (χ2v) is 12.5. The van der Waals surface area contributed by atoms with E-state index in [1.54, 1.807) is 18.9 Å². The second kappa shape index (κ2) is 8.22. The lowest BCUT2D eigenvalue weighted by Crippen LogP contribution is -2.42. The smallest absolute Gasteiger partial charge is 0.416 e. The highest BCUT2D eigenvalue weighted by atomic mass is 32.2. The summed E-state index contributed by atoms with van der Waals surface area (Å²) in [6.07, 6.45) is -3.88. The van der Waals surface area contributed by atoms with Crippen molar-refractivity contribution in [3.8, 4) is 5.75 Å². The third kappa shape index (κ3) is 3.30. The van der Waals surface area contributed by atoms with Gasteiger partial charge in [-0.1, -0.05) is 29.5 Å². The number of thiazole rings is 1. The summed E-state index contributed by atoms with van der Waals surface area (Å²) in [6.45, 7) is 0. The molecule has 1 aromatic heterocycles. The number of benzene rings is 2. The summed E-state index contributed by atoms with van der Waals surface area (Å²) in [5.74, 6) is -1.63. The Morgan fingerprint density at radius 3 is 2.39 bits per heavy atom. The van der Waals surface area contributed by atoms with Gasteiger partial charge in [0.05, 0.1) is 35.2 Å². The van der Waals surface area contributed by atoms with Crippen molar-refractivity contribution >= 4 is 40.6 Å². The lowest BCUT2D eigenvalue weighted by atomic mass is 9.68. The van der Waals surface area contributed by atoms with Crippen LogP contribution in [0.15, 0.2) is 58.4 Å². The molecular formula is C27H21F3N2O4S2. The molecule has 196 valence electrons. The fourth-order valence-corrected chi connectivity index (χ4v) is 10.2. The SMILES string of the molecule is COc1ccc([C@@H]2c3sc(=O)[nH]c3S[C@H]3[C@@H]4C[C@@H]([C@@H]5C(=O)N(c6cccc(C(F)(F)F)c6)C(=O)[C@@H]45)[C@H]23)cc1.